The number of carbonyl (C=O) groups is 3. The van der Waals surface area contributed by atoms with Crippen molar-refractivity contribution in [2.24, 2.45) is 0 Å². The summed E-state index contributed by atoms with van der Waals surface area (Å²) < 4.78 is 5.06. The molecular weight excluding hydrogens is 374 g/mol. The fraction of sp³-hybridized carbons (Fsp3) is 0.143. The predicted octanol–water partition coefficient (Wildman–Crippen LogP) is 2.10. The summed E-state index contributed by atoms with van der Waals surface area (Å²) in [5.41, 5.74) is 0.351. The van der Waals surface area contributed by atoms with E-state index >= 15 is 0 Å². The summed E-state index contributed by atoms with van der Waals surface area (Å²) in [6.45, 7) is 1.57. The molecule has 0 bridgehead atoms. The Hall–Kier alpha value is -3.94. The first-order valence-electron chi connectivity index (χ1n) is 8.89. The van der Waals surface area contributed by atoms with Crippen LogP contribution in [-0.2, 0) is 16.1 Å². The molecule has 29 heavy (non-hydrogen) atoms. The molecule has 0 spiro atoms. The van der Waals surface area contributed by atoms with E-state index in [1.54, 1.807) is 24.3 Å². The van der Waals surface area contributed by atoms with Crippen LogP contribution in [0.1, 0.15) is 23.0 Å². The summed E-state index contributed by atoms with van der Waals surface area (Å²) >= 11 is 0. The Morgan fingerprint density at radius 2 is 1.72 bits per heavy atom. The quantitative estimate of drug-likeness (QED) is 0.574. The van der Waals surface area contributed by atoms with Gasteiger partial charge in [0.05, 0.1) is 0 Å². The second kappa shape index (κ2) is 8.83. The number of fused-ring (bicyclic) bond motifs is 1. The van der Waals surface area contributed by atoms with Crippen LogP contribution < -0.4 is 16.2 Å². The summed E-state index contributed by atoms with van der Waals surface area (Å²) in [5.74, 6) is -1.66. The smallest absolute Gasteiger partial charge is 0.355 e. The minimum Gasteiger partial charge on any atom is -0.448 e. The first kappa shape index (κ1) is 19.8. The summed E-state index contributed by atoms with van der Waals surface area (Å²) in [6, 6.07) is 16.7. The number of benzene rings is 2. The third kappa shape index (κ3) is 5.07. The molecule has 0 aliphatic rings. The molecule has 3 N–H and O–H groups in total. The van der Waals surface area contributed by atoms with Gasteiger partial charge in [-0.25, -0.2) is 9.59 Å². The van der Waals surface area contributed by atoms with Gasteiger partial charge in [-0.15, -0.1) is 0 Å². The summed E-state index contributed by atoms with van der Waals surface area (Å²) in [5, 5.41) is 5.65. The van der Waals surface area contributed by atoms with Gasteiger partial charge in [-0.1, -0.05) is 48.5 Å². The highest BCUT2D eigenvalue weighted by Crippen LogP contribution is 2.11. The zero-order valence-electron chi connectivity index (χ0n) is 15.6. The van der Waals surface area contributed by atoms with Gasteiger partial charge in [-0.3, -0.25) is 14.9 Å². The Morgan fingerprint density at radius 3 is 2.48 bits per heavy atom. The number of imide groups is 1. The number of ether oxygens (including phenoxy) is 1. The van der Waals surface area contributed by atoms with Crippen LogP contribution in [0.4, 0.5) is 4.79 Å². The third-order valence-electron chi connectivity index (χ3n) is 4.16. The molecule has 1 atom stereocenters. The Kier molecular flexibility index (Phi) is 6.03. The number of carbonyl (C=O) groups excluding carboxylic acids is 3. The SMILES string of the molecule is C[C@H](OC(=O)c1cc2ccccc2c(=O)[nH]1)C(=O)NC(=O)NCc1ccccc1. The average Bonchev–Trinajstić information content (AvgIpc) is 2.73. The van der Waals surface area contributed by atoms with Crippen LogP contribution in [0.3, 0.4) is 0 Å². The van der Waals surface area contributed by atoms with Crippen molar-refractivity contribution in [3.05, 3.63) is 82.3 Å². The van der Waals surface area contributed by atoms with Gasteiger partial charge in [0.15, 0.2) is 6.10 Å². The van der Waals surface area contributed by atoms with Crippen LogP contribution in [0, 0.1) is 0 Å². The molecule has 2 aromatic carbocycles. The molecule has 1 aromatic heterocycles. The molecule has 0 saturated heterocycles. The molecule has 0 saturated carbocycles. The molecule has 148 valence electrons. The van der Waals surface area contributed by atoms with Crippen LogP contribution in [0.15, 0.2) is 65.5 Å². The van der Waals surface area contributed by atoms with Crippen molar-refractivity contribution in [2.75, 3.05) is 0 Å². The van der Waals surface area contributed by atoms with Crippen molar-refractivity contribution in [2.45, 2.75) is 19.6 Å². The zero-order valence-corrected chi connectivity index (χ0v) is 15.6. The summed E-state index contributed by atoms with van der Waals surface area (Å²) in [6.07, 6.45) is -1.24. The van der Waals surface area contributed by atoms with Crippen LogP contribution in [-0.4, -0.2) is 29.0 Å². The topological polar surface area (TPSA) is 117 Å². The summed E-state index contributed by atoms with van der Waals surface area (Å²) in [7, 11) is 0. The van der Waals surface area contributed by atoms with E-state index in [2.05, 4.69) is 15.6 Å². The molecule has 0 aliphatic heterocycles. The van der Waals surface area contributed by atoms with Crippen molar-refractivity contribution >= 4 is 28.7 Å². The van der Waals surface area contributed by atoms with Gasteiger partial charge >= 0.3 is 12.0 Å². The van der Waals surface area contributed by atoms with Gasteiger partial charge in [0.25, 0.3) is 11.5 Å². The Bertz CT molecular complexity index is 1110. The molecule has 1 heterocycles. The van der Waals surface area contributed by atoms with Crippen LogP contribution in [0.25, 0.3) is 10.8 Å². The Morgan fingerprint density at radius 1 is 1.03 bits per heavy atom. The number of hydrogen-bond acceptors (Lipinski definition) is 5. The largest absolute Gasteiger partial charge is 0.448 e. The van der Waals surface area contributed by atoms with Crippen LogP contribution in [0.2, 0.25) is 0 Å². The summed E-state index contributed by atoms with van der Waals surface area (Å²) in [4.78, 5) is 50.7. The van der Waals surface area contributed by atoms with Crippen molar-refractivity contribution in [3.8, 4) is 0 Å². The van der Waals surface area contributed by atoms with Crippen molar-refractivity contribution in [1.29, 1.82) is 0 Å². The molecule has 8 nitrogen and oxygen atoms in total. The lowest BCUT2D eigenvalue weighted by Gasteiger charge is -2.13. The van der Waals surface area contributed by atoms with Crippen LogP contribution >= 0.6 is 0 Å². The number of urea groups is 1. The van der Waals surface area contributed by atoms with Gasteiger partial charge in [0.2, 0.25) is 0 Å². The highest BCUT2D eigenvalue weighted by molar-refractivity contribution is 5.99. The fourth-order valence-corrected chi connectivity index (χ4v) is 2.63. The standard InChI is InChI=1S/C21H19N3O5/c1-13(18(25)24-21(28)22-12-14-7-3-2-4-8-14)29-20(27)17-11-15-9-5-6-10-16(15)19(26)23-17/h2-11,13H,12H2,1H3,(H,23,26)(H2,22,24,25,28)/t13-/m0/s1. The Balaban J connectivity index is 1.57. The number of H-pyrrole nitrogens is 1. The normalized spacial score (nSPS) is 11.5. The lowest BCUT2D eigenvalue weighted by molar-refractivity contribution is -0.127. The van der Waals surface area contributed by atoms with Crippen molar-refractivity contribution in [3.63, 3.8) is 0 Å². The second-order valence-corrected chi connectivity index (χ2v) is 6.30. The van der Waals surface area contributed by atoms with E-state index in [4.69, 9.17) is 4.74 Å². The van der Waals surface area contributed by atoms with E-state index in [0.29, 0.717) is 10.8 Å². The number of hydrogen-bond donors (Lipinski definition) is 3. The minimum atomic E-state index is -1.24. The molecule has 0 radical (unpaired) electrons. The third-order valence-corrected chi connectivity index (χ3v) is 4.16. The lowest BCUT2D eigenvalue weighted by atomic mass is 10.1. The van der Waals surface area contributed by atoms with Gasteiger partial charge in [0, 0.05) is 11.9 Å². The highest BCUT2D eigenvalue weighted by atomic mass is 16.5. The van der Waals surface area contributed by atoms with E-state index in [1.165, 1.54) is 13.0 Å². The highest BCUT2D eigenvalue weighted by Gasteiger charge is 2.21. The first-order chi connectivity index (χ1) is 13.9. The van der Waals surface area contributed by atoms with Crippen molar-refractivity contribution < 1.29 is 19.1 Å². The number of aromatic amines is 1. The Labute approximate surface area is 165 Å². The maximum Gasteiger partial charge on any atom is 0.355 e. The van der Waals surface area contributed by atoms with E-state index < -0.39 is 29.6 Å². The van der Waals surface area contributed by atoms with Gasteiger partial charge < -0.3 is 15.0 Å². The van der Waals surface area contributed by atoms with E-state index in [9.17, 15) is 19.2 Å². The van der Waals surface area contributed by atoms with Crippen LogP contribution in [0.5, 0.6) is 0 Å². The maximum absolute atomic E-state index is 12.3. The van der Waals surface area contributed by atoms with E-state index in [-0.39, 0.29) is 12.2 Å². The molecule has 0 aliphatic carbocycles. The molecule has 3 aromatic rings. The second-order valence-electron chi connectivity index (χ2n) is 6.30. The van der Waals surface area contributed by atoms with E-state index in [1.807, 2.05) is 30.3 Å². The molecule has 0 unspecified atom stereocenters. The van der Waals surface area contributed by atoms with E-state index in [0.717, 1.165) is 5.56 Å². The first-order valence-corrected chi connectivity index (χ1v) is 8.89. The molecule has 8 heteroatoms. The number of amides is 3. The van der Waals surface area contributed by atoms with Gasteiger partial charge in [0.1, 0.15) is 5.69 Å². The average molecular weight is 393 g/mol. The number of esters is 1. The monoisotopic (exact) mass is 393 g/mol. The number of pyridine rings is 1. The molecular formula is C21H19N3O5. The number of rotatable bonds is 5. The van der Waals surface area contributed by atoms with Gasteiger partial charge in [-0.05, 0) is 30.0 Å². The fourth-order valence-electron chi connectivity index (χ4n) is 2.63. The maximum atomic E-state index is 12.3. The predicted molar refractivity (Wildman–Crippen MR) is 106 cm³/mol. The number of aromatic nitrogens is 1. The zero-order chi connectivity index (χ0) is 20.8. The molecule has 3 rings (SSSR count). The lowest BCUT2D eigenvalue weighted by Crippen LogP contribution is -2.44. The van der Waals surface area contributed by atoms with Gasteiger partial charge in [-0.2, -0.15) is 0 Å². The molecule has 3 amide bonds. The van der Waals surface area contributed by atoms with Crippen molar-refractivity contribution in [1.82, 2.24) is 15.6 Å². The molecule has 0 fully saturated rings. The number of nitrogens with one attached hydrogen (secondary N) is 3. The minimum absolute atomic E-state index is 0.0816.